The molecule has 0 aromatic heterocycles. The quantitative estimate of drug-likeness (QED) is 0.776. The van der Waals surface area contributed by atoms with Crippen molar-refractivity contribution in [2.24, 2.45) is 0 Å². The largest absolute Gasteiger partial charge is 0.507 e. The summed E-state index contributed by atoms with van der Waals surface area (Å²) in [5, 5.41) is 9.70. The number of esters is 1. The van der Waals surface area contributed by atoms with Gasteiger partial charge in [0.15, 0.2) is 16.4 Å². The van der Waals surface area contributed by atoms with Crippen molar-refractivity contribution in [2.75, 3.05) is 18.1 Å². The molecule has 0 spiro atoms. The van der Waals surface area contributed by atoms with Crippen LogP contribution < -0.4 is 0 Å². The van der Waals surface area contributed by atoms with Crippen molar-refractivity contribution in [1.82, 2.24) is 4.90 Å². The number of hydrogen-bond donors (Lipinski definition) is 1. The molecule has 1 atom stereocenters. The molecule has 26 heavy (non-hydrogen) atoms. The second-order valence-electron chi connectivity index (χ2n) is 6.89. The first-order chi connectivity index (χ1) is 12.4. The molecule has 1 aromatic carbocycles. The van der Waals surface area contributed by atoms with Gasteiger partial charge in [0.05, 0.1) is 11.5 Å². The molecule has 0 radical (unpaired) electrons. The molecule has 0 unspecified atom stereocenters. The Morgan fingerprint density at radius 1 is 1.12 bits per heavy atom. The van der Waals surface area contributed by atoms with E-state index in [0.717, 1.165) is 25.7 Å². The van der Waals surface area contributed by atoms with Gasteiger partial charge in [0, 0.05) is 12.1 Å². The molecule has 1 saturated heterocycles. The van der Waals surface area contributed by atoms with Gasteiger partial charge in [0.25, 0.3) is 5.91 Å². The number of amides is 1. The summed E-state index contributed by atoms with van der Waals surface area (Å²) in [6.07, 6.45) is 4.13. The summed E-state index contributed by atoms with van der Waals surface area (Å²) in [6, 6.07) is 5.61. The molecule has 1 N–H and O–H groups in total. The number of aromatic hydroxyl groups is 1. The van der Waals surface area contributed by atoms with Crippen LogP contribution >= 0.6 is 0 Å². The Kier molecular flexibility index (Phi) is 5.50. The molecule has 1 heterocycles. The van der Waals surface area contributed by atoms with Crippen molar-refractivity contribution >= 4 is 21.7 Å². The highest BCUT2D eigenvalue weighted by Gasteiger charge is 2.39. The topological polar surface area (TPSA) is 101 Å². The molecule has 142 valence electrons. The lowest BCUT2D eigenvalue weighted by atomic mass is 10.1. The third kappa shape index (κ3) is 4.17. The van der Waals surface area contributed by atoms with Crippen LogP contribution in [0.3, 0.4) is 0 Å². The third-order valence-corrected chi connectivity index (χ3v) is 6.81. The summed E-state index contributed by atoms with van der Waals surface area (Å²) in [5.41, 5.74) is -0.00356. The summed E-state index contributed by atoms with van der Waals surface area (Å²) in [7, 11) is -3.12. The lowest BCUT2D eigenvalue weighted by molar-refractivity contribution is -0.139. The molecular formula is C18H23NO6S. The number of ether oxygens (including phenoxy) is 1. The van der Waals surface area contributed by atoms with E-state index in [4.69, 9.17) is 4.74 Å². The van der Waals surface area contributed by atoms with Crippen molar-refractivity contribution in [2.45, 2.75) is 44.2 Å². The predicted octanol–water partition coefficient (Wildman–Crippen LogP) is 1.51. The Balaban J connectivity index is 1.68. The van der Waals surface area contributed by atoms with Gasteiger partial charge in [0.1, 0.15) is 11.3 Å². The average Bonchev–Trinajstić information content (AvgIpc) is 3.23. The molecule has 1 aliphatic heterocycles. The van der Waals surface area contributed by atoms with E-state index in [0.29, 0.717) is 6.42 Å². The maximum atomic E-state index is 12.7. The van der Waals surface area contributed by atoms with E-state index < -0.39 is 22.4 Å². The molecule has 8 heteroatoms. The lowest BCUT2D eigenvalue weighted by Gasteiger charge is -2.33. The molecule has 3 rings (SSSR count). The van der Waals surface area contributed by atoms with E-state index in [1.165, 1.54) is 12.1 Å². The molecule has 1 aliphatic carbocycles. The van der Waals surface area contributed by atoms with Crippen molar-refractivity contribution in [3.8, 4) is 5.75 Å². The van der Waals surface area contributed by atoms with E-state index in [9.17, 15) is 23.1 Å². The molecule has 1 amide bonds. The van der Waals surface area contributed by atoms with Crippen molar-refractivity contribution in [3.05, 3.63) is 29.8 Å². The molecule has 0 bridgehead atoms. The zero-order chi connectivity index (χ0) is 18.7. The third-order valence-electron chi connectivity index (χ3n) is 5.06. The van der Waals surface area contributed by atoms with Gasteiger partial charge < -0.3 is 14.7 Å². The zero-order valence-electron chi connectivity index (χ0n) is 14.5. The van der Waals surface area contributed by atoms with Gasteiger partial charge in [0.2, 0.25) is 0 Å². The Bertz CT molecular complexity index is 785. The summed E-state index contributed by atoms with van der Waals surface area (Å²) < 4.78 is 28.7. The second kappa shape index (κ2) is 7.65. The first-order valence-corrected chi connectivity index (χ1v) is 10.7. The maximum absolute atomic E-state index is 12.7. The summed E-state index contributed by atoms with van der Waals surface area (Å²) in [4.78, 5) is 26.5. The molecule has 1 saturated carbocycles. The first-order valence-electron chi connectivity index (χ1n) is 8.84. The van der Waals surface area contributed by atoms with Crippen LogP contribution in [0.4, 0.5) is 0 Å². The highest BCUT2D eigenvalue weighted by molar-refractivity contribution is 7.91. The van der Waals surface area contributed by atoms with Crippen LogP contribution in [0.1, 0.15) is 42.5 Å². The van der Waals surface area contributed by atoms with Gasteiger partial charge in [-0.25, -0.2) is 13.2 Å². The Morgan fingerprint density at radius 3 is 2.42 bits per heavy atom. The fourth-order valence-corrected chi connectivity index (χ4v) is 5.52. The van der Waals surface area contributed by atoms with Crippen LogP contribution in [-0.2, 0) is 19.4 Å². The van der Waals surface area contributed by atoms with E-state index in [-0.39, 0.29) is 40.8 Å². The molecule has 7 nitrogen and oxygen atoms in total. The number of sulfone groups is 1. The lowest BCUT2D eigenvalue weighted by Crippen LogP contribution is -2.48. The summed E-state index contributed by atoms with van der Waals surface area (Å²) >= 11 is 0. The Labute approximate surface area is 152 Å². The molecule has 2 aliphatic rings. The minimum absolute atomic E-state index is 0.00356. The van der Waals surface area contributed by atoms with Crippen molar-refractivity contribution in [3.63, 3.8) is 0 Å². The SMILES string of the molecule is O=C(OCC(=O)N(C1CCCC1)[C@@H]1CCS(=O)(=O)C1)c1ccccc1O. The van der Waals surface area contributed by atoms with Gasteiger partial charge in [-0.1, -0.05) is 25.0 Å². The van der Waals surface area contributed by atoms with Gasteiger partial charge in [-0.15, -0.1) is 0 Å². The number of hydrogen-bond acceptors (Lipinski definition) is 6. The number of carbonyl (C=O) groups excluding carboxylic acids is 2. The average molecular weight is 381 g/mol. The van der Waals surface area contributed by atoms with Gasteiger partial charge >= 0.3 is 5.97 Å². The Morgan fingerprint density at radius 2 is 1.81 bits per heavy atom. The molecule has 2 fully saturated rings. The van der Waals surface area contributed by atoms with Gasteiger partial charge in [-0.2, -0.15) is 0 Å². The number of para-hydroxylation sites is 1. The van der Waals surface area contributed by atoms with E-state index in [2.05, 4.69) is 0 Å². The first kappa shape index (κ1) is 18.7. The van der Waals surface area contributed by atoms with Crippen LogP contribution in [0, 0.1) is 0 Å². The highest BCUT2D eigenvalue weighted by atomic mass is 32.2. The van der Waals surface area contributed by atoms with Gasteiger partial charge in [-0.3, -0.25) is 4.79 Å². The number of carbonyl (C=O) groups is 2. The van der Waals surface area contributed by atoms with Crippen molar-refractivity contribution in [1.29, 1.82) is 0 Å². The number of rotatable bonds is 5. The monoisotopic (exact) mass is 381 g/mol. The van der Waals surface area contributed by atoms with Crippen LogP contribution in [0.15, 0.2) is 24.3 Å². The second-order valence-corrected chi connectivity index (χ2v) is 9.12. The number of nitrogens with zero attached hydrogens (tertiary/aromatic N) is 1. The van der Waals surface area contributed by atoms with Gasteiger partial charge in [-0.05, 0) is 31.4 Å². The fourth-order valence-electron chi connectivity index (χ4n) is 3.81. The number of benzene rings is 1. The maximum Gasteiger partial charge on any atom is 0.342 e. The van der Waals surface area contributed by atoms with Crippen LogP contribution in [0.2, 0.25) is 0 Å². The fraction of sp³-hybridized carbons (Fsp3) is 0.556. The summed E-state index contributed by atoms with van der Waals surface area (Å²) in [6.45, 7) is -0.458. The van der Waals surface area contributed by atoms with E-state index >= 15 is 0 Å². The normalized spacial score (nSPS) is 22.2. The van der Waals surface area contributed by atoms with Crippen LogP contribution in [0.5, 0.6) is 5.75 Å². The van der Waals surface area contributed by atoms with Crippen LogP contribution in [-0.4, -0.2) is 60.5 Å². The zero-order valence-corrected chi connectivity index (χ0v) is 15.3. The minimum Gasteiger partial charge on any atom is -0.507 e. The molecule has 1 aromatic rings. The highest BCUT2D eigenvalue weighted by Crippen LogP contribution is 2.29. The minimum atomic E-state index is -3.12. The van der Waals surface area contributed by atoms with Crippen molar-refractivity contribution < 1.29 is 27.9 Å². The smallest absolute Gasteiger partial charge is 0.342 e. The standard InChI is InChI=1S/C18H23NO6S/c20-16-8-4-3-7-15(16)18(22)25-11-17(21)19(13-5-1-2-6-13)14-9-10-26(23,24)12-14/h3-4,7-8,13-14,20H,1-2,5-6,9-12H2/t14-/m1/s1. The van der Waals surface area contributed by atoms with E-state index in [1.54, 1.807) is 17.0 Å². The van der Waals surface area contributed by atoms with E-state index in [1.807, 2.05) is 0 Å². The molecular weight excluding hydrogens is 358 g/mol. The number of phenols is 1. The Hall–Kier alpha value is -2.09. The predicted molar refractivity (Wildman–Crippen MR) is 94.6 cm³/mol. The van der Waals surface area contributed by atoms with Crippen LogP contribution in [0.25, 0.3) is 0 Å². The summed E-state index contributed by atoms with van der Waals surface area (Å²) in [5.74, 6) is -1.29. The number of phenolic OH excluding ortho intramolecular Hbond substituents is 1.